The summed E-state index contributed by atoms with van der Waals surface area (Å²) >= 11 is 0. The van der Waals surface area contributed by atoms with Crippen molar-refractivity contribution in [3.8, 4) is 0 Å². The fourth-order valence-corrected chi connectivity index (χ4v) is 2.53. The number of para-hydroxylation sites is 1. The van der Waals surface area contributed by atoms with E-state index in [1.807, 2.05) is 25.1 Å². The first kappa shape index (κ1) is 16.1. The molecular formula is C18H14F3NO2. The van der Waals surface area contributed by atoms with E-state index in [2.05, 4.69) is 5.32 Å². The number of rotatable bonds is 3. The van der Waals surface area contributed by atoms with Crippen LogP contribution in [-0.2, 0) is 17.4 Å². The van der Waals surface area contributed by atoms with E-state index in [1.54, 1.807) is 0 Å². The zero-order chi connectivity index (χ0) is 17.3. The highest BCUT2D eigenvalue weighted by molar-refractivity contribution is 5.96. The van der Waals surface area contributed by atoms with E-state index in [9.17, 15) is 18.0 Å². The fraction of sp³-hybridized carbons (Fsp3) is 0.167. The molecule has 0 saturated heterocycles. The smallest absolute Gasteiger partial charge is 0.418 e. The molecule has 0 aliphatic carbocycles. The van der Waals surface area contributed by atoms with Crippen molar-refractivity contribution in [2.75, 3.05) is 5.32 Å². The highest BCUT2D eigenvalue weighted by atomic mass is 19.4. The van der Waals surface area contributed by atoms with Crippen molar-refractivity contribution in [3.05, 3.63) is 65.4 Å². The SMILES string of the molecule is Cc1ccc2c(CC(=O)Nc3ccccc3C(F)(F)F)coc2c1. The van der Waals surface area contributed by atoms with Gasteiger partial charge in [0.25, 0.3) is 0 Å². The number of anilines is 1. The zero-order valence-corrected chi connectivity index (χ0v) is 12.8. The molecule has 0 saturated carbocycles. The van der Waals surface area contributed by atoms with Gasteiger partial charge in [0.1, 0.15) is 5.58 Å². The summed E-state index contributed by atoms with van der Waals surface area (Å²) in [7, 11) is 0. The summed E-state index contributed by atoms with van der Waals surface area (Å²) in [6, 6.07) is 10.5. The highest BCUT2D eigenvalue weighted by Gasteiger charge is 2.33. The number of carbonyl (C=O) groups is 1. The van der Waals surface area contributed by atoms with Crippen molar-refractivity contribution in [2.24, 2.45) is 0 Å². The monoisotopic (exact) mass is 333 g/mol. The highest BCUT2D eigenvalue weighted by Crippen LogP contribution is 2.34. The Morgan fingerprint density at radius 2 is 1.92 bits per heavy atom. The van der Waals surface area contributed by atoms with Crippen LogP contribution in [0, 0.1) is 6.92 Å². The van der Waals surface area contributed by atoms with E-state index in [0.717, 1.165) is 17.0 Å². The molecule has 0 spiro atoms. The molecule has 1 heterocycles. The number of fused-ring (bicyclic) bond motifs is 1. The number of furan rings is 1. The number of hydrogen-bond donors (Lipinski definition) is 1. The Balaban J connectivity index is 1.81. The van der Waals surface area contributed by atoms with Crippen LogP contribution in [0.2, 0.25) is 0 Å². The maximum absolute atomic E-state index is 13.0. The summed E-state index contributed by atoms with van der Waals surface area (Å²) in [5, 5.41) is 3.11. The first-order chi connectivity index (χ1) is 11.3. The van der Waals surface area contributed by atoms with Gasteiger partial charge in [-0.25, -0.2) is 0 Å². The van der Waals surface area contributed by atoms with E-state index < -0.39 is 17.6 Å². The molecule has 3 rings (SSSR count). The standard InChI is InChI=1S/C18H14F3NO2/c1-11-6-7-13-12(10-24-16(13)8-11)9-17(23)22-15-5-3-2-4-14(15)18(19,20)21/h2-8,10H,9H2,1H3,(H,22,23). The summed E-state index contributed by atoms with van der Waals surface area (Å²) in [5.74, 6) is -0.532. The van der Waals surface area contributed by atoms with Gasteiger partial charge in [-0.1, -0.05) is 24.3 Å². The summed E-state index contributed by atoms with van der Waals surface area (Å²) in [6.45, 7) is 1.92. The van der Waals surface area contributed by atoms with Crippen molar-refractivity contribution in [1.82, 2.24) is 0 Å². The van der Waals surface area contributed by atoms with Crippen molar-refractivity contribution < 1.29 is 22.4 Å². The average molecular weight is 333 g/mol. The summed E-state index contributed by atoms with van der Waals surface area (Å²) in [6.07, 6.45) is -3.13. The van der Waals surface area contributed by atoms with Gasteiger partial charge in [-0.3, -0.25) is 4.79 Å². The van der Waals surface area contributed by atoms with E-state index in [-0.39, 0.29) is 12.1 Å². The number of halogens is 3. The van der Waals surface area contributed by atoms with Crippen LogP contribution in [0.1, 0.15) is 16.7 Å². The van der Waals surface area contributed by atoms with E-state index in [4.69, 9.17) is 4.42 Å². The fourth-order valence-electron chi connectivity index (χ4n) is 2.53. The second-order valence-electron chi connectivity index (χ2n) is 5.53. The topological polar surface area (TPSA) is 42.2 Å². The van der Waals surface area contributed by atoms with Crippen LogP contribution in [-0.4, -0.2) is 5.91 Å². The largest absolute Gasteiger partial charge is 0.464 e. The lowest BCUT2D eigenvalue weighted by Crippen LogP contribution is -2.18. The molecule has 0 atom stereocenters. The lowest BCUT2D eigenvalue weighted by molar-refractivity contribution is -0.137. The maximum Gasteiger partial charge on any atom is 0.418 e. The van der Waals surface area contributed by atoms with Crippen LogP contribution < -0.4 is 5.32 Å². The van der Waals surface area contributed by atoms with Crippen LogP contribution in [0.25, 0.3) is 11.0 Å². The number of hydrogen-bond acceptors (Lipinski definition) is 2. The quantitative estimate of drug-likeness (QED) is 0.737. The minimum absolute atomic E-state index is 0.0672. The lowest BCUT2D eigenvalue weighted by atomic mass is 10.1. The Labute approximate surface area is 136 Å². The van der Waals surface area contributed by atoms with Gasteiger partial charge in [0.2, 0.25) is 5.91 Å². The van der Waals surface area contributed by atoms with Crippen molar-refractivity contribution >= 4 is 22.6 Å². The van der Waals surface area contributed by atoms with Crippen molar-refractivity contribution in [3.63, 3.8) is 0 Å². The third-order valence-electron chi connectivity index (χ3n) is 3.67. The molecule has 2 aromatic carbocycles. The summed E-state index contributed by atoms with van der Waals surface area (Å²) in [4.78, 5) is 12.1. The molecule has 1 N–H and O–H groups in total. The van der Waals surface area contributed by atoms with Gasteiger partial charge in [0, 0.05) is 10.9 Å². The summed E-state index contributed by atoms with van der Waals surface area (Å²) in [5.41, 5.74) is 1.18. The molecule has 1 amide bonds. The number of nitrogens with one attached hydrogen (secondary N) is 1. The average Bonchev–Trinajstić information content (AvgIpc) is 2.88. The second-order valence-corrected chi connectivity index (χ2v) is 5.53. The molecule has 6 heteroatoms. The molecule has 0 bridgehead atoms. The number of benzene rings is 2. The third-order valence-corrected chi connectivity index (χ3v) is 3.67. The predicted octanol–water partition coefficient (Wildman–Crippen LogP) is 4.94. The normalized spacial score (nSPS) is 11.7. The van der Waals surface area contributed by atoms with Gasteiger partial charge < -0.3 is 9.73 Å². The van der Waals surface area contributed by atoms with E-state index in [0.29, 0.717) is 11.1 Å². The van der Waals surface area contributed by atoms with Crippen LogP contribution in [0.3, 0.4) is 0 Å². The Kier molecular flexibility index (Phi) is 4.05. The van der Waals surface area contributed by atoms with Gasteiger partial charge in [-0.15, -0.1) is 0 Å². The Hall–Kier alpha value is -2.76. The van der Waals surface area contributed by atoms with Crippen LogP contribution in [0.4, 0.5) is 18.9 Å². The number of aryl methyl sites for hydroxylation is 1. The molecule has 0 unspecified atom stereocenters. The Morgan fingerprint density at radius 3 is 2.67 bits per heavy atom. The molecule has 3 aromatic rings. The first-order valence-corrected chi connectivity index (χ1v) is 7.27. The minimum atomic E-state index is -4.52. The molecule has 0 aliphatic heterocycles. The number of carbonyl (C=O) groups excluding carboxylic acids is 1. The molecule has 124 valence electrons. The first-order valence-electron chi connectivity index (χ1n) is 7.27. The Bertz CT molecular complexity index is 897. The van der Waals surface area contributed by atoms with Gasteiger partial charge in [0.15, 0.2) is 0 Å². The van der Waals surface area contributed by atoms with E-state index >= 15 is 0 Å². The van der Waals surface area contributed by atoms with Crippen molar-refractivity contribution in [2.45, 2.75) is 19.5 Å². The molecule has 1 aromatic heterocycles. The molecule has 0 aliphatic rings. The van der Waals surface area contributed by atoms with Crippen LogP contribution in [0.15, 0.2) is 53.1 Å². The lowest BCUT2D eigenvalue weighted by Gasteiger charge is -2.13. The van der Waals surface area contributed by atoms with Crippen LogP contribution >= 0.6 is 0 Å². The van der Waals surface area contributed by atoms with Gasteiger partial charge in [-0.2, -0.15) is 13.2 Å². The molecular weight excluding hydrogens is 319 g/mol. The molecule has 0 fully saturated rings. The number of alkyl halides is 3. The number of amides is 1. The second kappa shape index (κ2) is 6.03. The Morgan fingerprint density at radius 1 is 1.17 bits per heavy atom. The van der Waals surface area contributed by atoms with Crippen molar-refractivity contribution in [1.29, 1.82) is 0 Å². The molecule has 0 radical (unpaired) electrons. The zero-order valence-electron chi connectivity index (χ0n) is 12.8. The third kappa shape index (κ3) is 3.27. The predicted molar refractivity (Wildman–Crippen MR) is 84.7 cm³/mol. The van der Waals surface area contributed by atoms with E-state index in [1.165, 1.54) is 24.5 Å². The summed E-state index contributed by atoms with van der Waals surface area (Å²) < 4.78 is 44.3. The molecule has 24 heavy (non-hydrogen) atoms. The van der Waals surface area contributed by atoms with Gasteiger partial charge in [0.05, 0.1) is 23.9 Å². The van der Waals surface area contributed by atoms with Crippen LogP contribution in [0.5, 0.6) is 0 Å². The maximum atomic E-state index is 13.0. The van der Waals surface area contributed by atoms with Gasteiger partial charge in [-0.05, 0) is 30.7 Å². The minimum Gasteiger partial charge on any atom is -0.464 e. The molecule has 3 nitrogen and oxygen atoms in total. The van der Waals surface area contributed by atoms with Gasteiger partial charge >= 0.3 is 6.18 Å².